The predicted molar refractivity (Wildman–Crippen MR) is 175 cm³/mol. The summed E-state index contributed by atoms with van der Waals surface area (Å²) < 4.78 is 40.6. The highest BCUT2D eigenvalue weighted by Crippen LogP contribution is 2.21. The minimum absolute atomic E-state index is 0.179. The van der Waals surface area contributed by atoms with Crippen LogP contribution in [-0.4, -0.2) is 110 Å². The third-order valence-corrected chi connectivity index (χ3v) is 5.30. The molecule has 1 N–H and O–H groups in total. The number of carbonyl (C=O) groups excluding carboxylic acids is 7. The van der Waals surface area contributed by atoms with E-state index in [2.05, 4.69) is 46.1 Å². The second-order valence-corrected chi connectivity index (χ2v) is 9.61. The summed E-state index contributed by atoms with van der Waals surface area (Å²) in [5.74, 6) is -6.63. The van der Waals surface area contributed by atoms with E-state index < -0.39 is 85.5 Å². The molecule has 50 heavy (non-hydrogen) atoms. The molecular weight excluding hydrogens is 664 g/mol. The number of ether oxygens (including phenoxy) is 8. The Balaban J connectivity index is 0. The third-order valence-electron chi connectivity index (χ3n) is 5.30. The van der Waals surface area contributed by atoms with Crippen LogP contribution in [0.4, 0.5) is 0 Å². The van der Waals surface area contributed by atoms with Crippen LogP contribution in [0.2, 0.25) is 0 Å². The maximum absolute atomic E-state index is 12.1. The van der Waals surface area contributed by atoms with Crippen LogP contribution >= 0.6 is 0 Å². The number of aliphatic hydroxyl groups excluding tert-OH is 1. The summed E-state index contributed by atoms with van der Waals surface area (Å²) in [4.78, 5) is 82.5. The minimum Gasteiger partial charge on any atom is -0.460 e. The van der Waals surface area contributed by atoms with Crippen molar-refractivity contribution in [3.63, 3.8) is 0 Å². The highest BCUT2D eigenvalue weighted by Gasteiger charge is 2.45. The highest BCUT2D eigenvalue weighted by molar-refractivity contribution is 5.87. The second kappa shape index (κ2) is 26.4. The van der Waals surface area contributed by atoms with E-state index in [9.17, 15) is 33.6 Å². The van der Waals surface area contributed by atoms with E-state index in [1.54, 1.807) is 20.8 Å². The van der Waals surface area contributed by atoms with Crippen LogP contribution in [0.25, 0.3) is 0 Å². The van der Waals surface area contributed by atoms with Crippen LogP contribution < -0.4 is 0 Å². The van der Waals surface area contributed by atoms with Crippen LogP contribution in [-0.2, 0) is 71.5 Å². The monoisotopic (exact) mass is 708 g/mol. The molecule has 0 aromatic rings. The Bertz CT molecular complexity index is 1190. The topological polar surface area (TPSA) is 214 Å². The van der Waals surface area contributed by atoms with Gasteiger partial charge in [0.25, 0.3) is 0 Å². The summed E-state index contributed by atoms with van der Waals surface area (Å²) in [6, 6.07) is 0. The predicted octanol–water partition coefficient (Wildman–Crippen LogP) is 1.73. The lowest BCUT2D eigenvalue weighted by atomic mass is 10.0. The number of rotatable bonds is 23. The fourth-order valence-electron chi connectivity index (χ4n) is 2.97. The van der Waals surface area contributed by atoms with Crippen molar-refractivity contribution in [1.82, 2.24) is 0 Å². The van der Waals surface area contributed by atoms with Gasteiger partial charge < -0.3 is 43.0 Å². The molecule has 0 aliphatic carbocycles. The standard InChI is InChI=1S/C24H26O12.C10H18O4/c1-7-17(25)31-13-15(33-19(27)9-3)23(35-21(29)11-5)24(36-22(30)12-6)16(34-20(28)10-4)14-32-18(26)8-2;1-7(2)10(12)14-6-9(4)13-5-8(3)11/h7-12,15-16,23-24H,1-6,13-14H2;8-9,11H,1,5-6H2,2-4H3/t15-,16+,23-,24-;/m1./s1. The zero-order chi connectivity index (χ0) is 38.8. The van der Waals surface area contributed by atoms with E-state index >= 15 is 0 Å². The van der Waals surface area contributed by atoms with Crippen LogP contribution in [0, 0.1) is 0 Å². The Morgan fingerprint density at radius 1 is 0.540 bits per heavy atom. The first-order valence-electron chi connectivity index (χ1n) is 14.5. The molecule has 0 aromatic carbocycles. The molecule has 276 valence electrons. The Hall–Kier alpha value is -5.61. The molecule has 0 spiro atoms. The van der Waals surface area contributed by atoms with Gasteiger partial charge in [0.2, 0.25) is 0 Å². The molecule has 0 saturated carbocycles. The van der Waals surface area contributed by atoms with Crippen molar-refractivity contribution in [3.05, 3.63) is 88.1 Å². The molecule has 0 fully saturated rings. The molecule has 16 heteroatoms. The Morgan fingerprint density at radius 2 is 0.880 bits per heavy atom. The number of aliphatic hydroxyl groups is 1. The molecule has 0 rings (SSSR count). The molecule has 0 aliphatic heterocycles. The van der Waals surface area contributed by atoms with Gasteiger partial charge in [-0.05, 0) is 20.8 Å². The Morgan fingerprint density at radius 3 is 1.18 bits per heavy atom. The molecule has 0 saturated heterocycles. The average molecular weight is 709 g/mol. The molecule has 0 amide bonds. The number of esters is 7. The Labute approximate surface area is 290 Å². The smallest absolute Gasteiger partial charge is 0.333 e. The van der Waals surface area contributed by atoms with Crippen LogP contribution in [0.1, 0.15) is 20.8 Å². The molecule has 2 unspecified atom stereocenters. The van der Waals surface area contributed by atoms with Gasteiger partial charge in [-0.2, -0.15) is 0 Å². The summed E-state index contributed by atoms with van der Waals surface area (Å²) >= 11 is 0. The number of hydrogen-bond acceptors (Lipinski definition) is 16. The minimum atomic E-state index is -1.83. The summed E-state index contributed by atoms with van der Waals surface area (Å²) in [6.07, 6.45) is -3.17. The molecule has 0 aromatic heterocycles. The molecule has 0 heterocycles. The van der Waals surface area contributed by atoms with Gasteiger partial charge in [-0.15, -0.1) is 0 Å². The van der Waals surface area contributed by atoms with Gasteiger partial charge in [-0.25, -0.2) is 33.6 Å². The Kier molecular flexibility index (Phi) is 24.5. The van der Waals surface area contributed by atoms with E-state index in [-0.39, 0.29) is 19.3 Å². The van der Waals surface area contributed by atoms with Crippen molar-refractivity contribution >= 4 is 41.8 Å². The largest absolute Gasteiger partial charge is 0.460 e. The number of hydrogen-bond donors (Lipinski definition) is 1. The first kappa shape index (κ1) is 46.5. The maximum Gasteiger partial charge on any atom is 0.333 e. The van der Waals surface area contributed by atoms with Crippen molar-refractivity contribution in [2.45, 2.75) is 57.4 Å². The summed E-state index contributed by atoms with van der Waals surface area (Å²) in [5, 5.41) is 8.92. The van der Waals surface area contributed by atoms with Gasteiger partial charge in [0.1, 0.15) is 19.8 Å². The van der Waals surface area contributed by atoms with E-state index in [0.717, 1.165) is 36.5 Å². The van der Waals surface area contributed by atoms with Gasteiger partial charge in [0.15, 0.2) is 24.4 Å². The van der Waals surface area contributed by atoms with Crippen LogP contribution in [0.3, 0.4) is 0 Å². The van der Waals surface area contributed by atoms with Gasteiger partial charge in [-0.1, -0.05) is 46.1 Å². The van der Waals surface area contributed by atoms with E-state index in [1.807, 2.05) is 0 Å². The zero-order valence-corrected chi connectivity index (χ0v) is 28.3. The molecule has 0 bridgehead atoms. The normalized spacial score (nSPS) is 13.4. The van der Waals surface area contributed by atoms with E-state index in [1.165, 1.54) is 0 Å². The highest BCUT2D eigenvalue weighted by atomic mass is 16.6. The van der Waals surface area contributed by atoms with Gasteiger partial charge in [0.05, 0.1) is 18.8 Å². The fraction of sp³-hybridized carbons (Fsp3) is 0.382. The molecule has 6 atom stereocenters. The number of carbonyl (C=O) groups is 7. The van der Waals surface area contributed by atoms with Gasteiger partial charge in [-0.3, -0.25) is 0 Å². The molecule has 0 radical (unpaired) electrons. The molecule has 0 aliphatic rings. The van der Waals surface area contributed by atoms with Crippen LogP contribution in [0.5, 0.6) is 0 Å². The van der Waals surface area contributed by atoms with Gasteiger partial charge in [0, 0.05) is 42.0 Å². The average Bonchev–Trinajstić information content (AvgIpc) is 3.10. The fourth-order valence-corrected chi connectivity index (χ4v) is 2.97. The third kappa shape index (κ3) is 21.3. The lowest BCUT2D eigenvalue weighted by Crippen LogP contribution is -2.54. The van der Waals surface area contributed by atoms with E-state index in [0.29, 0.717) is 5.57 Å². The van der Waals surface area contributed by atoms with Gasteiger partial charge >= 0.3 is 41.8 Å². The van der Waals surface area contributed by atoms with Crippen molar-refractivity contribution in [1.29, 1.82) is 0 Å². The molecular formula is C34H44O16. The first-order valence-corrected chi connectivity index (χ1v) is 14.5. The lowest BCUT2D eigenvalue weighted by Gasteiger charge is -2.35. The van der Waals surface area contributed by atoms with Crippen LogP contribution in [0.15, 0.2) is 88.1 Å². The van der Waals surface area contributed by atoms with Crippen molar-refractivity contribution in [2.24, 2.45) is 0 Å². The summed E-state index contributed by atoms with van der Waals surface area (Å²) in [7, 11) is 0. The molecule has 16 nitrogen and oxygen atoms in total. The maximum atomic E-state index is 12.1. The van der Waals surface area contributed by atoms with E-state index in [4.69, 9.17) is 43.0 Å². The van der Waals surface area contributed by atoms with Crippen molar-refractivity contribution in [2.75, 3.05) is 26.4 Å². The summed E-state index contributed by atoms with van der Waals surface area (Å²) in [5.41, 5.74) is 0.368. The summed E-state index contributed by atoms with van der Waals surface area (Å²) in [6.45, 7) is 26.8. The zero-order valence-electron chi connectivity index (χ0n) is 28.3. The lowest BCUT2D eigenvalue weighted by molar-refractivity contribution is -0.202. The van der Waals surface area contributed by atoms with Crippen molar-refractivity contribution in [3.8, 4) is 0 Å². The quantitative estimate of drug-likeness (QED) is 0.0909. The second-order valence-electron chi connectivity index (χ2n) is 9.61. The SMILES string of the molecule is C=C(C)C(=O)OCC(C)OCC(C)O.C=CC(=O)OC[C@H](OC(=O)C=C)[C@@H](OC(=O)C=C)[C@H](OC(=O)C=C)[C@@H](COC(=O)C=C)OC(=O)C=C. The first-order chi connectivity index (χ1) is 23.5. The van der Waals surface area contributed by atoms with Crippen molar-refractivity contribution < 1.29 is 76.6 Å².